The molecule has 3 rings (SSSR count). The largest absolute Gasteiger partial charge is 0.514 e. The molecule has 16 nitrogen and oxygen atoms in total. The van der Waals surface area contributed by atoms with Gasteiger partial charge in [-0.15, -0.1) is 0 Å². The van der Waals surface area contributed by atoms with E-state index in [1.54, 1.807) is 69.1 Å². The highest BCUT2D eigenvalue weighted by molar-refractivity contribution is 8.77. The number of hydrogen-bond donors (Lipinski definition) is 1. The van der Waals surface area contributed by atoms with Gasteiger partial charge in [0.1, 0.15) is 19.0 Å². The van der Waals surface area contributed by atoms with Gasteiger partial charge in [-0.2, -0.15) is 13.2 Å². The molecule has 2 N–H and O–H groups in total. The Morgan fingerprint density at radius 1 is 0.788 bits per heavy atom. The molecule has 0 aromatic heterocycles. The Kier molecular flexibility index (Phi) is 33.6. The van der Waals surface area contributed by atoms with Crippen LogP contribution in [0.15, 0.2) is 82.6 Å². The molecule has 0 heterocycles. The molecule has 0 spiro atoms. The number of nitrogens with zero attached hydrogens (tertiary/aromatic N) is 3. The number of amides is 2. The molecule has 368 valence electrons. The first-order chi connectivity index (χ1) is 31.4. The maximum absolute atomic E-state index is 12.1. The summed E-state index contributed by atoms with van der Waals surface area (Å²) in [5.41, 5.74) is 1.83. The molecule has 1 atom stereocenters. The minimum atomic E-state index is -4.64. The third kappa shape index (κ3) is 28.9. The zero-order valence-corrected chi connectivity index (χ0v) is 41.5. The highest BCUT2D eigenvalue weighted by Gasteiger charge is 2.25. The number of rotatable bonds is 21. The lowest BCUT2D eigenvalue weighted by Gasteiger charge is -2.19. The summed E-state index contributed by atoms with van der Waals surface area (Å²) in [7, 11) is 15.0. The smallest absolute Gasteiger partial charge is 0.469 e. The Bertz CT molecular complexity index is 1890. The Hall–Kier alpha value is -4.84. The minimum Gasteiger partial charge on any atom is -0.469 e. The molecule has 2 amide bonds. The first kappa shape index (κ1) is 61.2. The number of benzene rings is 3. The van der Waals surface area contributed by atoms with Gasteiger partial charge in [0.25, 0.3) is 5.69 Å². The quantitative estimate of drug-likeness (QED) is 0.0154. The molecule has 3 aromatic rings. The fourth-order valence-corrected chi connectivity index (χ4v) is 9.03. The monoisotopic (exact) mass is 1010 g/mol. The highest BCUT2D eigenvalue weighted by Crippen LogP contribution is 2.35. The lowest BCUT2D eigenvalue weighted by Crippen LogP contribution is -2.81. The molecule has 0 aliphatic rings. The topological polar surface area (TPSA) is 198 Å². The lowest BCUT2D eigenvalue weighted by molar-refractivity contribution is -0.626. The molecule has 0 fully saturated rings. The van der Waals surface area contributed by atoms with Crippen LogP contribution in [0.5, 0.6) is 5.75 Å². The van der Waals surface area contributed by atoms with Gasteiger partial charge in [-0.3, -0.25) is 19.7 Å². The molecule has 23 heteroatoms. The van der Waals surface area contributed by atoms with Crippen LogP contribution in [0.25, 0.3) is 0 Å². The van der Waals surface area contributed by atoms with E-state index in [9.17, 15) is 42.5 Å². The van der Waals surface area contributed by atoms with E-state index < -0.39 is 29.6 Å². The highest BCUT2D eigenvalue weighted by atomic mass is 33.1. The Balaban J connectivity index is 0.000000967. The van der Waals surface area contributed by atoms with Crippen LogP contribution in [-0.2, 0) is 41.8 Å². The van der Waals surface area contributed by atoms with Gasteiger partial charge in [0.15, 0.2) is 0 Å². The fraction of sp³-hybridized carbons (Fsp3) is 0.465. The molecule has 0 saturated heterocycles. The molecule has 0 aliphatic carbocycles. The average molecular weight is 1010 g/mol. The summed E-state index contributed by atoms with van der Waals surface area (Å²) < 4.78 is 56.0. The number of non-ortho nitro benzene ring substituents is 1. The number of carbonyl (C=O) groups excluding carboxylic acids is 5. The van der Waals surface area contributed by atoms with Crippen molar-refractivity contribution in [2.75, 3.05) is 66.5 Å². The number of halogens is 3. The van der Waals surface area contributed by atoms with Crippen molar-refractivity contribution in [3.63, 3.8) is 0 Å². The average Bonchev–Trinajstić information content (AvgIpc) is 3.31. The van der Waals surface area contributed by atoms with E-state index in [0.29, 0.717) is 13.0 Å². The van der Waals surface area contributed by atoms with Crippen molar-refractivity contribution in [1.82, 2.24) is 9.80 Å². The number of nitro groups is 1. The SMILES string of the molecule is CCCSSc1ccccc1COC(=O)N(C)CCC(C)C(=O)OC.CCCSSc1ccccc1COC(=O)Oc1ccc([N+](=O)[O-])cc1.C[NH2+]CCN(C)C(=O)OC.O=CC(F)(F)F. The predicted molar refractivity (Wildman–Crippen MR) is 252 cm³/mol. The first-order valence-corrected chi connectivity index (χ1v) is 24.9. The van der Waals surface area contributed by atoms with E-state index in [1.165, 1.54) is 43.4 Å². The van der Waals surface area contributed by atoms with Crippen LogP contribution in [0.1, 0.15) is 51.2 Å². The summed E-state index contributed by atoms with van der Waals surface area (Å²) in [6, 6.07) is 20.9. The van der Waals surface area contributed by atoms with Crippen LogP contribution < -0.4 is 10.1 Å². The van der Waals surface area contributed by atoms with Gasteiger partial charge in [-0.05, 0) is 43.5 Å². The Labute approximate surface area is 400 Å². The third-order valence-electron chi connectivity index (χ3n) is 7.95. The Morgan fingerprint density at radius 3 is 1.71 bits per heavy atom. The number of carbonyl (C=O) groups is 5. The number of esters is 1. The first-order valence-electron chi connectivity index (χ1n) is 20.3. The maximum Gasteiger partial charge on any atom is 0.514 e. The van der Waals surface area contributed by atoms with Gasteiger partial charge in [0.05, 0.1) is 45.2 Å². The number of methoxy groups -OCH3 is 2. The van der Waals surface area contributed by atoms with E-state index in [1.807, 2.05) is 60.9 Å². The third-order valence-corrected chi connectivity index (χ3v) is 13.3. The predicted octanol–water partition coefficient (Wildman–Crippen LogP) is 9.69. The number of likely N-dealkylation sites (N-methyl/N-ethyl adjacent to an activating group) is 2. The van der Waals surface area contributed by atoms with Crippen molar-refractivity contribution in [3.05, 3.63) is 94.0 Å². The molecular weight excluding hydrogens is 950 g/mol. The molecule has 0 radical (unpaired) electrons. The van der Waals surface area contributed by atoms with Crippen LogP contribution in [0.2, 0.25) is 0 Å². The molecule has 0 saturated carbocycles. The number of quaternary nitrogens is 1. The van der Waals surface area contributed by atoms with Gasteiger partial charge in [0, 0.05) is 65.2 Å². The van der Waals surface area contributed by atoms with Crippen LogP contribution in [0.3, 0.4) is 0 Å². The molecule has 66 heavy (non-hydrogen) atoms. The van der Waals surface area contributed by atoms with Crippen LogP contribution in [0, 0.1) is 16.0 Å². The summed E-state index contributed by atoms with van der Waals surface area (Å²) in [4.78, 5) is 70.0. The van der Waals surface area contributed by atoms with Crippen molar-refractivity contribution in [2.45, 2.75) is 69.2 Å². The van der Waals surface area contributed by atoms with Crippen LogP contribution in [-0.4, -0.2) is 118 Å². The second-order valence-corrected chi connectivity index (χ2v) is 18.3. The normalized spacial score (nSPS) is 10.7. The number of nitrogens with two attached hydrogens (primary N) is 1. The molecular formula is C43H60F3N4O12S4+. The summed E-state index contributed by atoms with van der Waals surface area (Å²) >= 11 is 0. The van der Waals surface area contributed by atoms with Gasteiger partial charge in [0.2, 0.25) is 6.29 Å². The Morgan fingerprint density at radius 2 is 1.27 bits per heavy atom. The molecule has 1 unspecified atom stereocenters. The molecule has 3 aromatic carbocycles. The lowest BCUT2D eigenvalue weighted by atomic mass is 10.1. The number of aldehydes is 1. The summed E-state index contributed by atoms with van der Waals surface area (Å²) in [5.74, 6) is 1.81. The second kappa shape index (κ2) is 36.3. The van der Waals surface area contributed by atoms with E-state index in [2.05, 4.69) is 23.3 Å². The second-order valence-electron chi connectivity index (χ2n) is 13.4. The van der Waals surface area contributed by atoms with Gasteiger partial charge < -0.3 is 38.8 Å². The van der Waals surface area contributed by atoms with Crippen molar-refractivity contribution in [1.29, 1.82) is 0 Å². The number of nitro benzene ring substituents is 1. The standard InChI is InChI=1S/C18H27NO4S2.C17H17NO5S2.C6H14N2O2.C2HF3O/c1-5-12-24-25-16-9-7-6-8-15(16)13-23-18(21)19(3)11-10-14(2)17(20)22-4;1-2-11-24-25-16-6-4-3-5-13(16)12-22-17(19)23-15-9-7-14(8-10-15)18(20)21;1-7-4-5-8(2)6(9)10-3;3-2(4,5)1-6/h6-9,14H,5,10-13H2,1-4H3;3-10H,2,11-12H2,1H3;7H,4-5H2,1-3H3;1H/p+1. The number of hydrogen-bond acceptors (Lipinski definition) is 16. The maximum atomic E-state index is 12.1. The van der Waals surface area contributed by atoms with Crippen molar-refractivity contribution < 1.29 is 71.1 Å². The van der Waals surface area contributed by atoms with Gasteiger partial charge in [-0.25, -0.2) is 14.4 Å². The van der Waals surface area contributed by atoms with Crippen molar-refractivity contribution in [2.24, 2.45) is 5.92 Å². The summed E-state index contributed by atoms with van der Waals surface area (Å²) in [5, 5.41) is 12.6. The van der Waals surface area contributed by atoms with Gasteiger partial charge >= 0.3 is 30.5 Å². The van der Waals surface area contributed by atoms with E-state index in [4.69, 9.17) is 19.0 Å². The molecule has 0 bridgehead atoms. The number of alkyl halides is 3. The van der Waals surface area contributed by atoms with Gasteiger partial charge in [-0.1, -0.05) is 100 Å². The van der Waals surface area contributed by atoms with Crippen molar-refractivity contribution >= 4 is 79.5 Å². The van der Waals surface area contributed by atoms with E-state index in [0.717, 1.165) is 58.4 Å². The molecule has 0 aliphatic heterocycles. The zero-order chi connectivity index (χ0) is 49.9. The van der Waals surface area contributed by atoms with E-state index in [-0.39, 0.29) is 42.6 Å². The number of ether oxygens (including phenoxy) is 5. The zero-order valence-electron chi connectivity index (χ0n) is 38.2. The van der Waals surface area contributed by atoms with Crippen LogP contribution >= 0.6 is 43.2 Å². The van der Waals surface area contributed by atoms with Crippen LogP contribution in [0.4, 0.5) is 33.2 Å². The summed E-state index contributed by atoms with van der Waals surface area (Å²) in [6.07, 6.45) is -4.46. The van der Waals surface area contributed by atoms with Crippen molar-refractivity contribution in [3.8, 4) is 5.75 Å². The minimum absolute atomic E-state index is 0.0729. The fourth-order valence-electron chi connectivity index (χ4n) is 4.30. The van der Waals surface area contributed by atoms with E-state index >= 15 is 0 Å². The summed E-state index contributed by atoms with van der Waals surface area (Å²) in [6.45, 7) is 8.47.